The fourth-order valence-electron chi connectivity index (χ4n) is 9.33. The summed E-state index contributed by atoms with van der Waals surface area (Å²) in [6.07, 6.45) is 9.08. The van der Waals surface area contributed by atoms with E-state index in [1.54, 1.807) is 0 Å². The van der Waals surface area contributed by atoms with Gasteiger partial charge in [-0.25, -0.2) is 0 Å². The molecule has 0 aromatic heterocycles. The van der Waals surface area contributed by atoms with Crippen molar-refractivity contribution in [3.8, 4) is 0 Å². The first-order valence-electron chi connectivity index (χ1n) is 13.4. The van der Waals surface area contributed by atoms with E-state index in [1.807, 2.05) is 0 Å². The summed E-state index contributed by atoms with van der Waals surface area (Å²) in [6.45, 7) is 6.72. The molecule has 11 atom stereocenters. The molecule has 0 amide bonds. The quantitative estimate of drug-likeness (QED) is 0.408. The maximum Gasteiger partial charge on any atom is 0.0612 e. The Hall–Kier alpha value is -0.200. The van der Waals surface area contributed by atoms with Crippen molar-refractivity contribution in [1.29, 1.82) is 0 Å². The fourth-order valence-corrected chi connectivity index (χ4v) is 9.33. The van der Waals surface area contributed by atoms with E-state index in [1.165, 1.54) is 19.3 Å². The van der Waals surface area contributed by atoms with Crippen molar-refractivity contribution < 1.29 is 25.5 Å². The number of rotatable bonds is 7. The Bertz CT molecular complexity index is 638. The normalized spacial score (nSPS) is 48.1. The van der Waals surface area contributed by atoms with Gasteiger partial charge < -0.3 is 25.5 Å². The predicted molar refractivity (Wildman–Crippen MR) is 125 cm³/mol. The van der Waals surface area contributed by atoms with Crippen molar-refractivity contribution in [2.75, 3.05) is 13.2 Å². The van der Waals surface area contributed by atoms with E-state index in [0.717, 1.165) is 38.5 Å². The van der Waals surface area contributed by atoms with E-state index in [4.69, 9.17) is 0 Å². The third-order valence-corrected chi connectivity index (χ3v) is 11.4. The molecule has 4 saturated carbocycles. The molecule has 0 bridgehead atoms. The first kappa shape index (κ1) is 24.9. The van der Waals surface area contributed by atoms with Crippen molar-refractivity contribution >= 4 is 0 Å². The van der Waals surface area contributed by atoms with Gasteiger partial charge in [0, 0.05) is 5.92 Å². The fraction of sp³-hybridized carbons (Fsp3) is 1.00. The average Bonchev–Trinajstić information content (AvgIpc) is 3.13. The van der Waals surface area contributed by atoms with E-state index in [0.29, 0.717) is 41.9 Å². The maximum absolute atomic E-state index is 11.6. The Morgan fingerprint density at radius 1 is 0.875 bits per heavy atom. The zero-order chi connectivity index (χ0) is 23.3. The monoisotopic (exact) mass is 452 g/mol. The van der Waals surface area contributed by atoms with Gasteiger partial charge in [0.15, 0.2) is 0 Å². The number of hydrogen-bond acceptors (Lipinski definition) is 5. The number of fused-ring (bicyclic) bond motifs is 5. The molecule has 0 spiro atoms. The van der Waals surface area contributed by atoms with Crippen LogP contribution < -0.4 is 0 Å². The second-order valence-corrected chi connectivity index (χ2v) is 12.6. The van der Waals surface area contributed by atoms with Crippen LogP contribution in [0.5, 0.6) is 0 Å². The highest BCUT2D eigenvalue weighted by Crippen LogP contribution is 2.68. The Balaban J connectivity index is 1.47. The number of aliphatic hydroxyl groups excluding tert-OH is 5. The highest BCUT2D eigenvalue weighted by molar-refractivity contribution is 5.12. The minimum absolute atomic E-state index is 0.0593. The topological polar surface area (TPSA) is 101 Å². The van der Waals surface area contributed by atoms with Gasteiger partial charge in [0.2, 0.25) is 0 Å². The number of hydrogen-bond donors (Lipinski definition) is 5. The summed E-state index contributed by atoms with van der Waals surface area (Å²) in [5, 5.41) is 51.0. The minimum atomic E-state index is -0.671. The Morgan fingerprint density at radius 2 is 1.59 bits per heavy atom. The van der Waals surface area contributed by atoms with Gasteiger partial charge in [-0.2, -0.15) is 0 Å². The maximum atomic E-state index is 11.6. The molecule has 0 unspecified atom stereocenters. The van der Waals surface area contributed by atoms with Crippen LogP contribution in [0.4, 0.5) is 0 Å². The van der Waals surface area contributed by atoms with E-state index in [9.17, 15) is 25.5 Å². The van der Waals surface area contributed by atoms with Crippen LogP contribution in [0.1, 0.15) is 85.0 Å². The lowest BCUT2D eigenvalue weighted by atomic mass is 9.43. The van der Waals surface area contributed by atoms with Crippen LogP contribution in [0.15, 0.2) is 0 Å². The van der Waals surface area contributed by atoms with Gasteiger partial charge in [-0.15, -0.1) is 0 Å². The molecule has 4 rings (SSSR count). The lowest BCUT2D eigenvalue weighted by molar-refractivity contribution is -0.175. The van der Waals surface area contributed by atoms with E-state index in [-0.39, 0.29) is 36.3 Å². The van der Waals surface area contributed by atoms with Crippen molar-refractivity contribution in [2.45, 2.75) is 103 Å². The summed E-state index contributed by atoms with van der Waals surface area (Å²) in [5.41, 5.74) is 0.206. The van der Waals surface area contributed by atoms with Crippen molar-refractivity contribution in [1.82, 2.24) is 0 Å². The van der Waals surface area contributed by atoms with E-state index < -0.39 is 12.0 Å². The van der Waals surface area contributed by atoms with Gasteiger partial charge in [0.05, 0.1) is 31.5 Å². The molecule has 32 heavy (non-hydrogen) atoms. The lowest BCUT2D eigenvalue weighted by Crippen LogP contribution is -2.58. The van der Waals surface area contributed by atoms with Gasteiger partial charge in [0.1, 0.15) is 0 Å². The van der Waals surface area contributed by atoms with Gasteiger partial charge in [-0.1, -0.05) is 20.8 Å². The van der Waals surface area contributed by atoms with Crippen LogP contribution in [0.3, 0.4) is 0 Å². The minimum Gasteiger partial charge on any atom is -0.396 e. The van der Waals surface area contributed by atoms with Gasteiger partial charge >= 0.3 is 0 Å². The zero-order valence-electron chi connectivity index (χ0n) is 20.5. The second-order valence-electron chi connectivity index (χ2n) is 12.6. The molecule has 186 valence electrons. The van der Waals surface area contributed by atoms with Gasteiger partial charge in [0.25, 0.3) is 0 Å². The van der Waals surface area contributed by atoms with Gasteiger partial charge in [-0.05, 0) is 111 Å². The molecule has 0 aliphatic heterocycles. The van der Waals surface area contributed by atoms with Crippen LogP contribution in [-0.2, 0) is 0 Å². The van der Waals surface area contributed by atoms with Crippen LogP contribution in [0.2, 0.25) is 0 Å². The Labute approximate surface area is 194 Å². The molecule has 4 aliphatic rings. The highest BCUT2D eigenvalue weighted by atomic mass is 16.3. The van der Waals surface area contributed by atoms with Crippen LogP contribution >= 0.6 is 0 Å². The van der Waals surface area contributed by atoms with E-state index in [2.05, 4.69) is 20.8 Å². The third kappa shape index (κ3) is 3.98. The van der Waals surface area contributed by atoms with Crippen molar-refractivity contribution in [3.63, 3.8) is 0 Å². The molecule has 5 heteroatoms. The van der Waals surface area contributed by atoms with Gasteiger partial charge in [-0.3, -0.25) is 0 Å². The first-order valence-corrected chi connectivity index (χ1v) is 13.4. The van der Waals surface area contributed by atoms with Crippen LogP contribution in [0, 0.1) is 52.3 Å². The van der Waals surface area contributed by atoms with Crippen molar-refractivity contribution in [2.24, 2.45) is 52.3 Å². The first-order chi connectivity index (χ1) is 15.2. The SMILES string of the molecule is C[C@H](CC[C@@H](O)C(CO)CO)[C@H]1CC[C@H]2[C@@H]3CC[C@@H]4C[C@H](O)CC[C@]4(C)[C@H]3C[C@H](O)[C@]12C. The highest BCUT2D eigenvalue weighted by Gasteiger charge is 2.63. The Morgan fingerprint density at radius 3 is 2.28 bits per heavy atom. The molecular formula is C27H48O5. The molecule has 0 saturated heterocycles. The van der Waals surface area contributed by atoms with Crippen LogP contribution in [-0.4, -0.2) is 57.1 Å². The standard InChI is InChI=1S/C27H48O5/c1-16(4-9-24(31)17(14-28)15-29)21-7-8-22-20-6-5-18-12-19(30)10-11-26(18,2)23(20)13-25(32)27(21,22)3/h16-25,28-32H,4-15H2,1-3H3/t16-,18-,19-,20+,21-,22+,23+,24-,25+,26+,27-/m1/s1. The lowest BCUT2D eigenvalue weighted by Gasteiger charge is -2.62. The zero-order valence-corrected chi connectivity index (χ0v) is 20.5. The van der Waals surface area contributed by atoms with Crippen LogP contribution in [0.25, 0.3) is 0 Å². The predicted octanol–water partition coefficient (Wildman–Crippen LogP) is 3.36. The second kappa shape index (κ2) is 9.45. The molecule has 0 aromatic carbocycles. The summed E-state index contributed by atoms with van der Waals surface area (Å²) >= 11 is 0. The molecule has 4 fully saturated rings. The summed E-state index contributed by atoms with van der Waals surface area (Å²) in [4.78, 5) is 0. The smallest absolute Gasteiger partial charge is 0.0612 e. The molecule has 0 aromatic rings. The molecule has 4 aliphatic carbocycles. The van der Waals surface area contributed by atoms with E-state index >= 15 is 0 Å². The Kier molecular flexibility index (Phi) is 7.36. The summed E-state index contributed by atoms with van der Waals surface area (Å²) < 4.78 is 0. The molecule has 0 heterocycles. The summed E-state index contributed by atoms with van der Waals surface area (Å²) in [6, 6.07) is 0. The molecule has 5 nitrogen and oxygen atoms in total. The summed E-state index contributed by atoms with van der Waals surface area (Å²) in [7, 11) is 0. The molecule has 0 radical (unpaired) electrons. The third-order valence-electron chi connectivity index (χ3n) is 11.4. The summed E-state index contributed by atoms with van der Waals surface area (Å²) in [5.74, 6) is 2.84. The number of aliphatic hydroxyl groups is 5. The molecular weight excluding hydrogens is 404 g/mol. The largest absolute Gasteiger partial charge is 0.396 e. The average molecular weight is 453 g/mol. The van der Waals surface area contributed by atoms with Crippen molar-refractivity contribution in [3.05, 3.63) is 0 Å². The molecule has 5 N–H and O–H groups in total.